The molecule has 0 spiro atoms. The van der Waals surface area contributed by atoms with E-state index in [9.17, 15) is 8.78 Å². The van der Waals surface area contributed by atoms with Crippen molar-refractivity contribution < 1.29 is 27.0 Å². The molecule has 0 aliphatic carbocycles. The summed E-state index contributed by atoms with van der Waals surface area (Å²) >= 11 is 12.5. The van der Waals surface area contributed by atoms with Gasteiger partial charge in [-0.05, 0) is 54.1 Å². The molecule has 0 amide bonds. The normalized spacial score (nSPS) is 21.0. The molecule has 2 aliphatic rings. The molecule has 2 atom stereocenters. The summed E-state index contributed by atoms with van der Waals surface area (Å²) in [6.07, 6.45) is 3.29. The summed E-state index contributed by atoms with van der Waals surface area (Å²) in [6.45, 7) is 0.147. The summed E-state index contributed by atoms with van der Waals surface area (Å²) in [5, 5.41) is -1.80. The van der Waals surface area contributed by atoms with Crippen LogP contribution in [0.2, 0.25) is 10.0 Å². The van der Waals surface area contributed by atoms with Crippen molar-refractivity contribution in [1.82, 2.24) is 0 Å². The fraction of sp³-hybridized carbons (Fsp3) is 0.0857. The molecule has 2 aliphatic heterocycles. The molecular weight excluding hydrogens is 683 g/mol. The lowest BCUT2D eigenvalue weighted by molar-refractivity contribution is 0.441. The molecule has 0 aromatic heterocycles. The second kappa shape index (κ2) is 12.5. The number of allylic oxidation sites excluding steroid dienone is 1. The van der Waals surface area contributed by atoms with Gasteiger partial charge >= 0.3 is 15.0 Å². The highest BCUT2D eigenvalue weighted by molar-refractivity contribution is 7.79. The summed E-state index contributed by atoms with van der Waals surface area (Å²) in [6, 6.07) is 31.4. The molecule has 12 heteroatoms. The van der Waals surface area contributed by atoms with Gasteiger partial charge in [0.1, 0.15) is 23.1 Å². The van der Waals surface area contributed by atoms with Crippen LogP contribution in [0.4, 0.5) is 20.2 Å². The minimum Gasteiger partial charge on any atom is -0.428 e. The van der Waals surface area contributed by atoms with Crippen molar-refractivity contribution in [2.75, 3.05) is 9.34 Å². The molecular formula is C35H26Cl2F2N2O4P2. The van der Waals surface area contributed by atoms with Crippen molar-refractivity contribution in [3.8, 4) is 11.5 Å². The van der Waals surface area contributed by atoms with E-state index in [0.717, 1.165) is 5.56 Å². The average molecular weight is 709 g/mol. The van der Waals surface area contributed by atoms with E-state index in [1.807, 2.05) is 54.6 Å². The number of hydrogen-bond donors (Lipinski definition) is 0. The Morgan fingerprint density at radius 1 is 0.638 bits per heavy atom. The first-order chi connectivity index (χ1) is 22.7. The van der Waals surface area contributed by atoms with Crippen LogP contribution in [-0.4, -0.2) is 5.40 Å². The zero-order chi connectivity index (χ0) is 32.8. The van der Waals surface area contributed by atoms with Gasteiger partial charge in [-0.1, -0.05) is 102 Å². The Labute approximate surface area is 280 Å². The van der Waals surface area contributed by atoms with Crippen LogP contribution in [0, 0.1) is 11.6 Å². The molecule has 7 rings (SSSR count). The van der Waals surface area contributed by atoms with Crippen LogP contribution in [0.25, 0.3) is 6.08 Å². The smallest absolute Gasteiger partial charge is 0.363 e. The second-order valence-corrected chi connectivity index (χ2v) is 16.9. The van der Waals surface area contributed by atoms with Gasteiger partial charge in [0.15, 0.2) is 5.40 Å². The Kier molecular flexibility index (Phi) is 8.40. The molecule has 0 saturated heterocycles. The van der Waals surface area contributed by atoms with Gasteiger partial charge in [-0.25, -0.2) is 8.78 Å². The molecule has 238 valence electrons. The third-order valence-electron chi connectivity index (χ3n) is 8.05. The van der Waals surface area contributed by atoms with Crippen molar-refractivity contribution in [3.05, 3.63) is 160 Å². The molecule has 0 fully saturated rings. The number of benzene rings is 5. The van der Waals surface area contributed by atoms with E-state index in [-0.39, 0.29) is 23.1 Å². The third-order valence-corrected chi connectivity index (χ3v) is 15.1. The third kappa shape index (κ3) is 5.85. The van der Waals surface area contributed by atoms with E-state index in [2.05, 4.69) is 0 Å². The van der Waals surface area contributed by atoms with Gasteiger partial charge < -0.3 is 9.05 Å². The summed E-state index contributed by atoms with van der Waals surface area (Å²) in [7, 11) is -8.71. The van der Waals surface area contributed by atoms with Gasteiger partial charge in [0, 0.05) is 22.5 Å². The van der Waals surface area contributed by atoms with Crippen molar-refractivity contribution in [2.24, 2.45) is 0 Å². The van der Waals surface area contributed by atoms with Gasteiger partial charge in [0.25, 0.3) is 0 Å². The number of halogens is 4. The van der Waals surface area contributed by atoms with Crippen LogP contribution >= 0.6 is 38.2 Å². The molecule has 0 saturated carbocycles. The van der Waals surface area contributed by atoms with Gasteiger partial charge in [-0.15, -0.1) is 0 Å². The fourth-order valence-corrected chi connectivity index (χ4v) is 12.7. The Morgan fingerprint density at radius 3 is 1.55 bits per heavy atom. The summed E-state index contributed by atoms with van der Waals surface area (Å²) < 4.78 is 76.5. The molecule has 5 aromatic rings. The van der Waals surface area contributed by atoms with Crippen molar-refractivity contribution in [1.29, 1.82) is 0 Å². The van der Waals surface area contributed by atoms with Crippen molar-refractivity contribution in [2.45, 2.75) is 18.5 Å². The second-order valence-electron chi connectivity index (χ2n) is 11.0. The first-order valence-corrected chi connectivity index (χ1v) is 18.6. The quantitative estimate of drug-likeness (QED) is 0.164. The maximum absolute atomic E-state index is 15.9. The topological polar surface area (TPSA) is 59.1 Å². The first kappa shape index (κ1) is 31.5. The van der Waals surface area contributed by atoms with Crippen LogP contribution in [-0.2, 0) is 22.2 Å². The first-order valence-electron chi connectivity index (χ1n) is 14.6. The maximum atomic E-state index is 15.9. The molecule has 0 radical (unpaired) electrons. The predicted molar refractivity (Wildman–Crippen MR) is 184 cm³/mol. The maximum Gasteiger partial charge on any atom is 0.363 e. The molecule has 2 heterocycles. The minimum absolute atomic E-state index is 0.0735. The molecule has 2 unspecified atom stereocenters. The van der Waals surface area contributed by atoms with E-state index in [1.165, 1.54) is 45.7 Å². The Hall–Kier alpha value is -4.06. The molecule has 0 N–H and O–H groups in total. The summed E-state index contributed by atoms with van der Waals surface area (Å²) in [5.74, 6) is -0.607. The standard InChI is InChI=1S/C35H26Cl2F2N2O4P2/c36-29-20-27(15-17-31(29)38)40-22-25-10-4-6-12-33(25)44-46(40,42)35(19-14-24-8-2-1-3-9-24)47(43)41(28-16-18-32(39)30(37)21-28)23-26-11-5-7-13-34(26)45-47/h1-21,35H,22-23H2/b19-14+. The molecule has 0 bridgehead atoms. The zero-order valence-electron chi connectivity index (χ0n) is 24.5. The molecule has 5 aromatic carbocycles. The monoisotopic (exact) mass is 708 g/mol. The van der Waals surface area contributed by atoms with E-state index in [0.29, 0.717) is 34.0 Å². The van der Waals surface area contributed by atoms with Crippen molar-refractivity contribution >= 4 is 55.7 Å². The number of fused-ring (bicyclic) bond motifs is 2. The van der Waals surface area contributed by atoms with E-state index in [1.54, 1.807) is 36.4 Å². The number of para-hydroxylation sites is 2. The average Bonchev–Trinajstić information content (AvgIpc) is 3.07. The van der Waals surface area contributed by atoms with Crippen molar-refractivity contribution in [3.63, 3.8) is 0 Å². The summed E-state index contributed by atoms with van der Waals surface area (Å²) in [5.41, 5.74) is 2.76. The largest absolute Gasteiger partial charge is 0.428 e. The Morgan fingerprint density at radius 2 is 1.09 bits per heavy atom. The van der Waals surface area contributed by atoms with Crippen LogP contribution in [0.15, 0.2) is 121 Å². The Bertz CT molecular complexity index is 1990. The summed E-state index contributed by atoms with van der Waals surface area (Å²) in [4.78, 5) is 0. The molecule has 6 nitrogen and oxygen atoms in total. The lowest BCUT2D eigenvalue weighted by Gasteiger charge is -2.46. The van der Waals surface area contributed by atoms with Gasteiger partial charge in [0.2, 0.25) is 0 Å². The molecule has 47 heavy (non-hydrogen) atoms. The number of nitrogens with zero attached hydrogens (tertiary/aromatic N) is 2. The number of rotatable bonds is 6. The minimum atomic E-state index is -4.36. The van der Waals surface area contributed by atoms with E-state index >= 15 is 9.13 Å². The number of anilines is 2. The van der Waals surface area contributed by atoms with E-state index < -0.39 is 32.1 Å². The lowest BCUT2D eigenvalue weighted by Crippen LogP contribution is -2.38. The Balaban J connectivity index is 1.48. The van der Waals surface area contributed by atoms with Gasteiger partial charge in [-0.2, -0.15) is 0 Å². The van der Waals surface area contributed by atoms with Gasteiger partial charge in [-0.3, -0.25) is 18.5 Å². The van der Waals surface area contributed by atoms with Crippen LogP contribution in [0.3, 0.4) is 0 Å². The highest BCUT2D eigenvalue weighted by Gasteiger charge is 2.58. The fourth-order valence-electron chi connectivity index (χ4n) is 5.70. The van der Waals surface area contributed by atoms with Crippen LogP contribution < -0.4 is 18.4 Å². The van der Waals surface area contributed by atoms with Crippen LogP contribution in [0.5, 0.6) is 11.5 Å². The van der Waals surface area contributed by atoms with Crippen LogP contribution in [0.1, 0.15) is 16.7 Å². The highest BCUT2D eigenvalue weighted by Crippen LogP contribution is 2.75. The SMILES string of the molecule is O=P1(C(/C=C/c2ccccc2)P2(=O)Oc3ccccc3CN2c2ccc(F)c(Cl)c2)Oc2ccccc2CN1c1ccc(F)c(Cl)c1. The lowest BCUT2D eigenvalue weighted by atomic mass is 10.2. The zero-order valence-corrected chi connectivity index (χ0v) is 27.9. The highest BCUT2D eigenvalue weighted by atomic mass is 35.5. The number of hydrogen-bond acceptors (Lipinski definition) is 4. The van der Waals surface area contributed by atoms with Gasteiger partial charge in [0.05, 0.1) is 23.1 Å². The predicted octanol–water partition coefficient (Wildman–Crippen LogP) is 11.2. The van der Waals surface area contributed by atoms with E-state index in [4.69, 9.17) is 32.2 Å².